The Morgan fingerprint density at radius 3 is 2.46 bits per heavy atom. The molecule has 4 nitrogen and oxygen atoms in total. The Bertz CT molecular complexity index is 310. The molecule has 5 heteroatoms. The molecule has 0 aliphatic carbocycles. The van der Waals surface area contributed by atoms with Gasteiger partial charge in [-0.2, -0.15) is 0 Å². The second-order valence-electron chi connectivity index (χ2n) is 2.22. The van der Waals surface area contributed by atoms with E-state index in [9.17, 15) is 14.0 Å². The molecule has 2 N–H and O–H groups in total. The first-order valence-electron chi connectivity index (χ1n) is 3.49. The van der Waals surface area contributed by atoms with Gasteiger partial charge in [0.15, 0.2) is 0 Å². The van der Waals surface area contributed by atoms with Gasteiger partial charge in [-0.15, -0.1) is 0 Å². The Balaban J connectivity index is 2.66. The molecule has 0 aliphatic rings. The van der Waals surface area contributed by atoms with Gasteiger partial charge in [-0.05, 0) is 24.3 Å². The summed E-state index contributed by atoms with van der Waals surface area (Å²) in [5, 5.41) is 0. The van der Waals surface area contributed by atoms with Gasteiger partial charge in [0.05, 0.1) is 0 Å². The largest absolute Gasteiger partial charge is 0.277 e. The van der Waals surface area contributed by atoms with Crippen molar-refractivity contribution in [2.75, 3.05) is 0 Å². The van der Waals surface area contributed by atoms with Gasteiger partial charge in [0.2, 0.25) is 6.41 Å². The predicted molar refractivity (Wildman–Crippen MR) is 43.1 cm³/mol. The third-order valence-corrected chi connectivity index (χ3v) is 1.35. The summed E-state index contributed by atoms with van der Waals surface area (Å²) >= 11 is 0. The van der Waals surface area contributed by atoms with Crippen molar-refractivity contribution in [2.24, 2.45) is 0 Å². The van der Waals surface area contributed by atoms with Crippen molar-refractivity contribution in [3.8, 4) is 0 Å². The lowest BCUT2D eigenvalue weighted by Gasteiger charge is -2.01. The van der Waals surface area contributed by atoms with Crippen molar-refractivity contribution >= 4 is 12.3 Å². The molecule has 0 atom stereocenters. The number of halogens is 1. The molecular weight excluding hydrogens is 175 g/mol. The molecule has 13 heavy (non-hydrogen) atoms. The number of nitrogens with one attached hydrogen (secondary N) is 2. The van der Waals surface area contributed by atoms with Crippen LogP contribution in [0.25, 0.3) is 0 Å². The van der Waals surface area contributed by atoms with Crippen molar-refractivity contribution in [3.05, 3.63) is 35.6 Å². The summed E-state index contributed by atoms with van der Waals surface area (Å²) in [6, 6.07) is 4.96. The minimum absolute atomic E-state index is 0.274. The predicted octanol–water partition coefficient (Wildman–Crippen LogP) is 0.216. The molecule has 0 bridgehead atoms. The van der Waals surface area contributed by atoms with Crippen LogP contribution in [0.5, 0.6) is 0 Å². The van der Waals surface area contributed by atoms with Crippen LogP contribution in [-0.4, -0.2) is 12.3 Å². The normalized spacial score (nSPS) is 9.00. The first kappa shape index (κ1) is 9.18. The number of hydrazine groups is 1. The van der Waals surface area contributed by atoms with Gasteiger partial charge in [-0.25, -0.2) is 4.39 Å². The third kappa shape index (κ3) is 2.55. The van der Waals surface area contributed by atoms with Crippen LogP contribution in [0.2, 0.25) is 0 Å². The van der Waals surface area contributed by atoms with Gasteiger partial charge < -0.3 is 0 Å². The maximum Gasteiger partial charge on any atom is 0.269 e. The quantitative estimate of drug-likeness (QED) is 0.518. The Kier molecular flexibility index (Phi) is 2.97. The Morgan fingerprint density at radius 1 is 1.31 bits per heavy atom. The van der Waals surface area contributed by atoms with Gasteiger partial charge in [0.25, 0.3) is 5.91 Å². The number of carbonyl (C=O) groups is 2. The molecule has 0 heterocycles. The van der Waals surface area contributed by atoms with Crippen LogP contribution in [0, 0.1) is 5.82 Å². The molecule has 0 saturated heterocycles. The van der Waals surface area contributed by atoms with E-state index in [1.807, 2.05) is 5.43 Å². The number of hydrogen-bond donors (Lipinski definition) is 2. The summed E-state index contributed by atoms with van der Waals surface area (Å²) in [4.78, 5) is 20.9. The maximum atomic E-state index is 12.4. The second-order valence-corrected chi connectivity index (χ2v) is 2.22. The van der Waals surface area contributed by atoms with Gasteiger partial charge in [0, 0.05) is 5.56 Å². The molecule has 68 valence electrons. The molecule has 0 spiro atoms. The summed E-state index contributed by atoms with van der Waals surface area (Å²) in [5.41, 5.74) is 4.35. The van der Waals surface area contributed by atoms with Crippen LogP contribution in [0.4, 0.5) is 4.39 Å². The molecular formula is C8H7FN2O2. The van der Waals surface area contributed by atoms with Crippen molar-refractivity contribution in [1.82, 2.24) is 10.9 Å². The number of rotatable bonds is 3. The Morgan fingerprint density at radius 2 is 1.92 bits per heavy atom. The van der Waals surface area contributed by atoms with E-state index in [1.54, 1.807) is 0 Å². The topological polar surface area (TPSA) is 58.2 Å². The van der Waals surface area contributed by atoms with E-state index in [0.29, 0.717) is 6.41 Å². The van der Waals surface area contributed by atoms with E-state index in [1.165, 1.54) is 12.1 Å². The lowest BCUT2D eigenvalue weighted by molar-refractivity contribution is -0.110. The van der Waals surface area contributed by atoms with Crippen LogP contribution in [0.15, 0.2) is 24.3 Å². The van der Waals surface area contributed by atoms with Crippen LogP contribution in [0.3, 0.4) is 0 Å². The fourth-order valence-electron chi connectivity index (χ4n) is 0.768. The Labute approximate surface area is 73.7 Å². The number of carbonyl (C=O) groups excluding carboxylic acids is 2. The smallest absolute Gasteiger partial charge is 0.269 e. The SMILES string of the molecule is O=CNNC(=O)c1ccc(F)cc1. The van der Waals surface area contributed by atoms with Crippen LogP contribution < -0.4 is 10.9 Å². The lowest BCUT2D eigenvalue weighted by Crippen LogP contribution is -2.36. The van der Waals surface area contributed by atoms with Crippen molar-refractivity contribution in [2.45, 2.75) is 0 Å². The fraction of sp³-hybridized carbons (Fsp3) is 0. The van der Waals surface area contributed by atoms with Crippen molar-refractivity contribution in [1.29, 1.82) is 0 Å². The van der Waals surface area contributed by atoms with Gasteiger partial charge in [0.1, 0.15) is 5.82 Å². The van der Waals surface area contributed by atoms with Crippen molar-refractivity contribution < 1.29 is 14.0 Å². The number of hydrogen-bond acceptors (Lipinski definition) is 2. The molecule has 1 rings (SSSR count). The van der Waals surface area contributed by atoms with Gasteiger partial charge in [-0.1, -0.05) is 0 Å². The average molecular weight is 182 g/mol. The summed E-state index contributed by atoms with van der Waals surface area (Å²) in [6.45, 7) is 0. The third-order valence-electron chi connectivity index (χ3n) is 1.35. The molecule has 0 fully saturated rings. The first-order valence-corrected chi connectivity index (χ1v) is 3.49. The average Bonchev–Trinajstić information content (AvgIpc) is 2.15. The molecule has 1 aromatic rings. The highest BCUT2D eigenvalue weighted by Crippen LogP contribution is 2.01. The molecule has 1 aromatic carbocycles. The fourth-order valence-corrected chi connectivity index (χ4v) is 0.768. The highest BCUT2D eigenvalue weighted by molar-refractivity contribution is 5.94. The van der Waals surface area contributed by atoms with Gasteiger partial charge in [-0.3, -0.25) is 20.4 Å². The van der Waals surface area contributed by atoms with Crippen LogP contribution in [0.1, 0.15) is 10.4 Å². The van der Waals surface area contributed by atoms with Crippen LogP contribution >= 0.6 is 0 Å². The maximum absolute atomic E-state index is 12.4. The van der Waals surface area contributed by atoms with Gasteiger partial charge >= 0.3 is 0 Å². The highest BCUT2D eigenvalue weighted by Gasteiger charge is 2.03. The molecule has 0 unspecified atom stereocenters. The summed E-state index contributed by atoms with van der Waals surface area (Å²) in [6.07, 6.45) is 0.335. The van der Waals surface area contributed by atoms with E-state index in [2.05, 4.69) is 5.43 Å². The van der Waals surface area contributed by atoms with E-state index in [0.717, 1.165) is 12.1 Å². The molecule has 0 aromatic heterocycles. The summed E-state index contributed by atoms with van der Waals surface area (Å²) in [7, 11) is 0. The van der Waals surface area contributed by atoms with E-state index >= 15 is 0 Å². The molecule has 0 radical (unpaired) electrons. The van der Waals surface area contributed by atoms with Crippen LogP contribution in [-0.2, 0) is 4.79 Å². The molecule has 2 amide bonds. The summed E-state index contributed by atoms with van der Waals surface area (Å²) in [5.74, 6) is -0.910. The number of amides is 2. The van der Waals surface area contributed by atoms with Crippen molar-refractivity contribution in [3.63, 3.8) is 0 Å². The minimum Gasteiger partial charge on any atom is -0.277 e. The lowest BCUT2D eigenvalue weighted by atomic mass is 10.2. The first-order chi connectivity index (χ1) is 6.24. The molecule has 0 aliphatic heterocycles. The highest BCUT2D eigenvalue weighted by atomic mass is 19.1. The van der Waals surface area contributed by atoms with E-state index < -0.39 is 11.7 Å². The van der Waals surface area contributed by atoms with E-state index in [-0.39, 0.29) is 5.56 Å². The number of benzene rings is 1. The zero-order chi connectivity index (χ0) is 9.68. The summed E-state index contributed by atoms with van der Waals surface area (Å²) < 4.78 is 12.4. The zero-order valence-electron chi connectivity index (χ0n) is 6.58. The monoisotopic (exact) mass is 182 g/mol. The molecule has 0 saturated carbocycles. The standard InChI is InChI=1S/C8H7FN2O2/c9-7-3-1-6(2-4-7)8(13)11-10-5-12/h1-5H,(H,10,12)(H,11,13). The van der Waals surface area contributed by atoms with E-state index in [4.69, 9.17) is 0 Å². The zero-order valence-corrected chi connectivity index (χ0v) is 6.58. The second kappa shape index (κ2) is 4.20. The minimum atomic E-state index is -0.493. The Hall–Kier alpha value is -1.91.